The molecule has 1 unspecified atom stereocenters. The summed E-state index contributed by atoms with van der Waals surface area (Å²) in [6.45, 7) is 4.64. The topological polar surface area (TPSA) is 24.7 Å². The van der Waals surface area contributed by atoms with Gasteiger partial charge in [-0.05, 0) is 12.8 Å². The van der Waals surface area contributed by atoms with Crippen molar-refractivity contribution in [2.75, 3.05) is 13.1 Å². The molecule has 0 spiro atoms. The molecular weight excluding hydrogens is 229 g/mol. The van der Waals surface area contributed by atoms with Gasteiger partial charge < -0.3 is 0 Å². The largest absolute Gasteiger partial charge is 0.327 e. The molecule has 0 saturated heterocycles. The lowest BCUT2D eigenvalue weighted by atomic mass is 9.86. The fraction of sp³-hybridized carbons (Fsp3) is 0.833. The van der Waals surface area contributed by atoms with Crippen LogP contribution in [0.1, 0.15) is 39.5 Å². The fourth-order valence-corrected chi connectivity index (χ4v) is 1.55. The first-order valence-corrected chi connectivity index (χ1v) is 6.17. The molecule has 0 heterocycles. The van der Waals surface area contributed by atoms with Gasteiger partial charge in [0, 0.05) is 13.1 Å². The van der Waals surface area contributed by atoms with Crippen molar-refractivity contribution >= 4 is 11.4 Å². The summed E-state index contributed by atoms with van der Waals surface area (Å²) in [7, 11) is 0. The smallest absolute Gasteiger partial charge is 0.284 e. The van der Waals surface area contributed by atoms with Gasteiger partial charge in [-0.3, -0.25) is 9.98 Å². The van der Waals surface area contributed by atoms with Crippen LogP contribution in [0.25, 0.3) is 0 Å². The summed E-state index contributed by atoms with van der Waals surface area (Å²) in [5.74, 6) is -3.43. The van der Waals surface area contributed by atoms with Crippen LogP contribution in [-0.4, -0.2) is 36.6 Å². The van der Waals surface area contributed by atoms with Gasteiger partial charge in [0.15, 0.2) is 0 Å². The van der Waals surface area contributed by atoms with Crippen LogP contribution < -0.4 is 0 Å². The lowest BCUT2D eigenvalue weighted by Gasteiger charge is -2.34. The fourth-order valence-electron chi connectivity index (χ4n) is 1.55. The Labute approximate surface area is 100 Å². The zero-order valence-electron chi connectivity index (χ0n) is 10.3. The van der Waals surface area contributed by atoms with E-state index in [0.717, 1.165) is 25.7 Å². The summed E-state index contributed by atoms with van der Waals surface area (Å²) in [6, 6.07) is 0. The van der Waals surface area contributed by atoms with E-state index in [4.69, 9.17) is 0 Å². The number of halogens is 3. The first-order chi connectivity index (χ1) is 8.05. The minimum atomic E-state index is -3.43. The zero-order chi connectivity index (χ0) is 12.9. The molecule has 1 aliphatic rings. The number of rotatable bonds is 6. The standard InChI is InChI=1S/C12H19F3N2/c1-3-5-7-16-9-10(13)12(14,15)11(9)17-8-6-4-2/h10H,3-8H2,1-2H3. The maximum absolute atomic E-state index is 13.2. The average molecular weight is 248 g/mol. The monoisotopic (exact) mass is 248 g/mol. The SMILES string of the molecule is CCCCN=C1C(=NCCCC)C(F)(F)C1F. The molecule has 0 aromatic rings. The van der Waals surface area contributed by atoms with E-state index in [2.05, 4.69) is 9.98 Å². The molecule has 5 heteroatoms. The number of hydrogen-bond donors (Lipinski definition) is 0. The second kappa shape index (κ2) is 6.17. The third-order valence-electron chi connectivity index (χ3n) is 2.69. The predicted octanol–water partition coefficient (Wildman–Crippen LogP) is 3.46. The number of nitrogens with zero attached hydrogens (tertiary/aromatic N) is 2. The summed E-state index contributed by atoms with van der Waals surface area (Å²) in [5, 5.41) is 0. The van der Waals surface area contributed by atoms with Gasteiger partial charge in [0.1, 0.15) is 11.4 Å². The van der Waals surface area contributed by atoms with Gasteiger partial charge in [0.05, 0.1) is 0 Å². The quantitative estimate of drug-likeness (QED) is 0.643. The number of hydrogen-bond acceptors (Lipinski definition) is 2. The summed E-state index contributed by atoms with van der Waals surface area (Å²) in [4.78, 5) is 7.67. The van der Waals surface area contributed by atoms with E-state index in [1.165, 1.54) is 0 Å². The molecule has 1 rings (SSSR count). The van der Waals surface area contributed by atoms with E-state index >= 15 is 0 Å². The molecule has 1 atom stereocenters. The third kappa shape index (κ3) is 3.07. The minimum absolute atomic E-state index is 0.139. The molecule has 0 aliphatic heterocycles. The number of alkyl halides is 3. The van der Waals surface area contributed by atoms with Crippen LogP contribution in [0.5, 0.6) is 0 Å². The molecule has 0 N–H and O–H groups in total. The van der Waals surface area contributed by atoms with E-state index in [1.807, 2.05) is 13.8 Å². The number of unbranched alkanes of at least 4 members (excludes halogenated alkanes) is 2. The molecule has 98 valence electrons. The lowest BCUT2D eigenvalue weighted by molar-refractivity contribution is 0.00829. The van der Waals surface area contributed by atoms with E-state index < -0.39 is 17.8 Å². The highest BCUT2D eigenvalue weighted by Crippen LogP contribution is 2.36. The van der Waals surface area contributed by atoms with Gasteiger partial charge >= 0.3 is 5.92 Å². The maximum Gasteiger partial charge on any atom is 0.327 e. The van der Waals surface area contributed by atoms with Gasteiger partial charge in [-0.2, -0.15) is 8.78 Å². The van der Waals surface area contributed by atoms with Crippen LogP contribution in [0.4, 0.5) is 13.2 Å². The summed E-state index contributed by atoms with van der Waals surface area (Å²) >= 11 is 0. The highest BCUT2D eigenvalue weighted by Gasteiger charge is 2.61. The summed E-state index contributed by atoms with van der Waals surface area (Å²) < 4.78 is 39.6. The average Bonchev–Trinajstić information content (AvgIpc) is 2.31. The van der Waals surface area contributed by atoms with Crippen molar-refractivity contribution < 1.29 is 13.2 Å². The Hall–Kier alpha value is -0.870. The normalized spacial score (nSPS) is 27.5. The van der Waals surface area contributed by atoms with Crippen molar-refractivity contribution in [3.05, 3.63) is 0 Å². The van der Waals surface area contributed by atoms with Crippen LogP contribution in [0.2, 0.25) is 0 Å². The maximum atomic E-state index is 13.2. The van der Waals surface area contributed by atoms with Gasteiger partial charge in [-0.15, -0.1) is 0 Å². The Morgan fingerprint density at radius 2 is 1.59 bits per heavy atom. The molecule has 2 nitrogen and oxygen atoms in total. The zero-order valence-corrected chi connectivity index (χ0v) is 10.3. The van der Waals surface area contributed by atoms with Crippen LogP contribution in [0.3, 0.4) is 0 Å². The first-order valence-electron chi connectivity index (χ1n) is 6.17. The predicted molar refractivity (Wildman–Crippen MR) is 64.3 cm³/mol. The third-order valence-corrected chi connectivity index (χ3v) is 2.69. The molecular formula is C12H19F3N2. The van der Waals surface area contributed by atoms with Crippen LogP contribution in [-0.2, 0) is 0 Å². The molecule has 0 aromatic carbocycles. The summed E-state index contributed by atoms with van der Waals surface area (Å²) in [6.07, 6.45) is 1.04. The van der Waals surface area contributed by atoms with Crippen molar-refractivity contribution in [2.24, 2.45) is 9.98 Å². The molecule has 0 radical (unpaired) electrons. The van der Waals surface area contributed by atoms with Crippen LogP contribution in [0, 0.1) is 0 Å². The van der Waals surface area contributed by atoms with Crippen molar-refractivity contribution in [3.63, 3.8) is 0 Å². The van der Waals surface area contributed by atoms with E-state index in [9.17, 15) is 13.2 Å². The molecule has 0 aromatic heterocycles. The first kappa shape index (κ1) is 14.2. The van der Waals surface area contributed by atoms with E-state index in [-0.39, 0.29) is 5.71 Å². The van der Waals surface area contributed by atoms with Crippen molar-refractivity contribution in [2.45, 2.75) is 51.6 Å². The molecule has 0 amide bonds. The molecule has 1 fully saturated rings. The Morgan fingerprint density at radius 1 is 1.06 bits per heavy atom. The van der Waals surface area contributed by atoms with E-state index in [1.54, 1.807) is 0 Å². The molecule has 1 aliphatic carbocycles. The lowest BCUT2D eigenvalue weighted by Crippen LogP contribution is -2.61. The Balaban J connectivity index is 2.68. The van der Waals surface area contributed by atoms with Crippen molar-refractivity contribution in [1.29, 1.82) is 0 Å². The van der Waals surface area contributed by atoms with Gasteiger partial charge in [0.2, 0.25) is 6.17 Å². The van der Waals surface area contributed by atoms with Gasteiger partial charge in [0.25, 0.3) is 0 Å². The van der Waals surface area contributed by atoms with Crippen LogP contribution >= 0.6 is 0 Å². The van der Waals surface area contributed by atoms with Crippen molar-refractivity contribution in [3.8, 4) is 0 Å². The Bertz CT molecular complexity index is 311. The Morgan fingerprint density at radius 3 is 2.12 bits per heavy atom. The number of aliphatic imine (C=N–C) groups is 2. The second-order valence-corrected chi connectivity index (χ2v) is 4.19. The molecule has 17 heavy (non-hydrogen) atoms. The molecule has 1 saturated carbocycles. The van der Waals surface area contributed by atoms with Gasteiger partial charge in [-0.25, -0.2) is 4.39 Å². The highest BCUT2D eigenvalue weighted by atomic mass is 19.3. The second-order valence-electron chi connectivity index (χ2n) is 4.19. The summed E-state index contributed by atoms with van der Waals surface area (Å²) in [5.41, 5.74) is -0.575. The van der Waals surface area contributed by atoms with Crippen molar-refractivity contribution in [1.82, 2.24) is 0 Å². The van der Waals surface area contributed by atoms with Gasteiger partial charge in [-0.1, -0.05) is 26.7 Å². The van der Waals surface area contributed by atoms with Crippen LogP contribution in [0.15, 0.2) is 9.98 Å². The Kier molecular flexibility index (Phi) is 5.15. The molecule has 0 bridgehead atoms. The van der Waals surface area contributed by atoms with E-state index in [0.29, 0.717) is 13.1 Å². The minimum Gasteiger partial charge on any atom is -0.284 e. The highest BCUT2D eigenvalue weighted by molar-refractivity contribution is 6.54.